The van der Waals surface area contributed by atoms with E-state index in [9.17, 15) is 29.6 Å². The number of fused-ring (bicyclic) bond motifs is 1. The number of esters is 2. The summed E-state index contributed by atoms with van der Waals surface area (Å²) in [6, 6.07) is 4.00. The molecule has 17 nitrogen and oxygen atoms in total. The van der Waals surface area contributed by atoms with E-state index in [4.69, 9.17) is 39.6 Å². The minimum Gasteiger partial charge on any atom is -0.436 e. The summed E-state index contributed by atoms with van der Waals surface area (Å²) < 4.78 is 55.1. The lowest BCUT2D eigenvalue weighted by molar-refractivity contribution is -0.157. The highest BCUT2D eigenvalue weighted by Crippen LogP contribution is 2.48. The topological polar surface area (TPSA) is 219 Å². The van der Waals surface area contributed by atoms with Crippen molar-refractivity contribution >= 4 is 47.9 Å². The van der Waals surface area contributed by atoms with E-state index in [0.29, 0.717) is 16.7 Å². The van der Waals surface area contributed by atoms with E-state index in [1.807, 2.05) is 0 Å². The largest absolute Gasteiger partial charge is 0.436 e. The number of methoxy groups -OCH3 is 2. The van der Waals surface area contributed by atoms with Crippen molar-refractivity contribution in [1.29, 1.82) is 5.26 Å². The first-order valence-electron chi connectivity index (χ1n) is 14.2. The van der Waals surface area contributed by atoms with Gasteiger partial charge in [0.2, 0.25) is 13.6 Å². The van der Waals surface area contributed by atoms with Crippen LogP contribution in [0.25, 0.3) is 11.0 Å². The number of halogens is 1. The molecule has 0 unspecified atom stereocenters. The molecular formula is C27H36ClN4O13P. The summed E-state index contributed by atoms with van der Waals surface area (Å²) in [6.45, 7) is -2.73. The Morgan fingerprint density at radius 3 is 2.35 bits per heavy atom. The second-order valence-corrected chi connectivity index (χ2v) is 12.8. The molecule has 2 aliphatic rings. The van der Waals surface area contributed by atoms with Crippen LogP contribution in [0, 0.1) is 11.3 Å². The fraction of sp³-hybridized carbons (Fsp3) is 0.630. The van der Waals surface area contributed by atoms with Crippen LogP contribution in [0.1, 0.15) is 37.5 Å². The van der Waals surface area contributed by atoms with Crippen LogP contribution in [-0.4, -0.2) is 110 Å². The van der Waals surface area contributed by atoms with Gasteiger partial charge in [-0.3, -0.25) is 13.6 Å². The monoisotopic (exact) mass is 690 g/mol. The number of pyridine rings is 1. The molecule has 1 saturated heterocycles. The number of rotatable bonds is 17. The number of nitriles is 1. The number of aliphatic hydroxyl groups is 2. The number of aliphatic hydroxyl groups excluding tert-OH is 2. The fourth-order valence-electron chi connectivity index (χ4n) is 5.02. The van der Waals surface area contributed by atoms with Crippen molar-refractivity contribution < 1.29 is 61.8 Å². The van der Waals surface area contributed by atoms with Crippen LogP contribution >= 0.6 is 19.2 Å². The van der Waals surface area contributed by atoms with Gasteiger partial charge in [0, 0.05) is 31.8 Å². The second kappa shape index (κ2) is 16.8. The first-order valence-corrected chi connectivity index (χ1v) is 16.3. The van der Waals surface area contributed by atoms with Crippen LogP contribution in [0.2, 0.25) is 5.15 Å². The molecule has 0 bridgehead atoms. The second-order valence-electron chi connectivity index (χ2n) is 10.4. The van der Waals surface area contributed by atoms with Crippen LogP contribution < -0.4 is 5.32 Å². The number of hydrogen-bond acceptors (Lipinski definition) is 16. The molecule has 0 aromatic carbocycles. The lowest BCUT2D eigenvalue weighted by Crippen LogP contribution is -2.34. The minimum absolute atomic E-state index is 0.0279. The maximum absolute atomic E-state index is 13.2. The Labute approximate surface area is 269 Å². The number of carbonyl (C=O) groups is 2. The molecule has 0 amide bonds. The van der Waals surface area contributed by atoms with Crippen LogP contribution in [0.4, 0.5) is 5.69 Å². The number of aromatic nitrogens is 2. The molecule has 1 aliphatic carbocycles. The van der Waals surface area contributed by atoms with Crippen LogP contribution in [0.5, 0.6) is 0 Å². The summed E-state index contributed by atoms with van der Waals surface area (Å²) >= 11 is 6.40. The van der Waals surface area contributed by atoms with E-state index in [1.54, 1.807) is 12.3 Å². The molecule has 19 heteroatoms. The predicted molar refractivity (Wildman–Crippen MR) is 158 cm³/mol. The molecule has 4 atom stereocenters. The normalized spacial score (nSPS) is 21.8. The van der Waals surface area contributed by atoms with Crippen molar-refractivity contribution in [3.63, 3.8) is 0 Å². The van der Waals surface area contributed by atoms with E-state index in [2.05, 4.69) is 25.8 Å². The molecule has 3 heterocycles. The SMILES string of the molecule is COCC(=O)OCOP(=O)(COC[C@H]1O[C@@H](n2ccc3c(NC4CCCC4)c(C#N)c(Cl)nc32)[C@H](O)[C@@H]1O)OCOC(=O)COC. The van der Waals surface area contributed by atoms with Gasteiger partial charge in [0.25, 0.3) is 0 Å². The van der Waals surface area contributed by atoms with Gasteiger partial charge < -0.3 is 48.5 Å². The summed E-state index contributed by atoms with van der Waals surface area (Å²) in [6.07, 6.45) is -0.215. The van der Waals surface area contributed by atoms with E-state index < -0.39 is 70.6 Å². The third-order valence-corrected chi connectivity index (χ3v) is 9.01. The van der Waals surface area contributed by atoms with Gasteiger partial charge in [-0.05, 0) is 18.9 Å². The van der Waals surface area contributed by atoms with Gasteiger partial charge in [-0.15, -0.1) is 0 Å². The summed E-state index contributed by atoms with van der Waals surface area (Å²) in [5, 5.41) is 35.4. The summed E-state index contributed by atoms with van der Waals surface area (Å²) in [5.74, 6) is -1.61. The smallest absolute Gasteiger partial charge is 0.361 e. The van der Waals surface area contributed by atoms with Crippen molar-refractivity contribution in [2.24, 2.45) is 0 Å². The summed E-state index contributed by atoms with van der Waals surface area (Å²) in [5.41, 5.74) is 1.06. The zero-order valence-electron chi connectivity index (χ0n) is 25.2. The Kier molecular flexibility index (Phi) is 13.1. The number of nitrogens with zero attached hydrogens (tertiary/aromatic N) is 3. The molecule has 2 aromatic rings. The Morgan fingerprint density at radius 1 is 1.13 bits per heavy atom. The number of ether oxygens (including phenoxy) is 6. The first-order chi connectivity index (χ1) is 22.1. The molecule has 1 aliphatic heterocycles. The van der Waals surface area contributed by atoms with Gasteiger partial charge in [-0.2, -0.15) is 5.26 Å². The fourth-order valence-corrected chi connectivity index (χ4v) is 6.22. The molecule has 2 fully saturated rings. The highest BCUT2D eigenvalue weighted by Gasteiger charge is 2.45. The molecule has 254 valence electrons. The van der Waals surface area contributed by atoms with Gasteiger partial charge in [-0.25, -0.2) is 14.6 Å². The number of carbonyl (C=O) groups excluding carboxylic acids is 2. The van der Waals surface area contributed by atoms with E-state index in [0.717, 1.165) is 25.7 Å². The molecule has 0 radical (unpaired) electrons. The van der Waals surface area contributed by atoms with Crippen molar-refractivity contribution in [2.75, 3.05) is 59.3 Å². The summed E-state index contributed by atoms with van der Waals surface area (Å²) in [7, 11) is -1.65. The Morgan fingerprint density at radius 2 is 1.76 bits per heavy atom. The molecule has 1 saturated carbocycles. The van der Waals surface area contributed by atoms with Gasteiger partial charge >= 0.3 is 19.5 Å². The predicted octanol–water partition coefficient (Wildman–Crippen LogP) is 2.03. The van der Waals surface area contributed by atoms with Crippen molar-refractivity contribution in [3.8, 4) is 6.07 Å². The third kappa shape index (κ3) is 8.92. The molecule has 4 rings (SSSR count). The molecule has 46 heavy (non-hydrogen) atoms. The zero-order chi connectivity index (χ0) is 33.3. The van der Waals surface area contributed by atoms with Crippen molar-refractivity contribution in [3.05, 3.63) is 23.0 Å². The maximum Gasteiger partial charge on any atom is 0.361 e. The average molecular weight is 691 g/mol. The standard InChI is InChI=1S/C27H36ClN4O13P/c1-38-11-20(33)41-13-43-46(37,44-14-42-21(34)12-39-2)15-40-10-19-23(35)24(36)27(45-19)32-8-7-17-22(30-16-5-3-4-6-16)18(9-29)25(28)31-26(17)32/h7-8,16,19,23-24,27,35-36H,3-6,10-15H2,1-2H3,(H,30,31)/t19-,23-,24-,27-/m1/s1. The molecule has 2 aromatic heterocycles. The first kappa shape index (κ1) is 36.0. The van der Waals surface area contributed by atoms with E-state index >= 15 is 0 Å². The van der Waals surface area contributed by atoms with Crippen LogP contribution in [-0.2, 0) is 51.6 Å². The molecular weight excluding hydrogens is 655 g/mol. The third-order valence-electron chi connectivity index (χ3n) is 7.24. The molecule has 3 N–H and O–H groups in total. The highest BCUT2D eigenvalue weighted by molar-refractivity contribution is 7.53. The number of hydrogen-bond donors (Lipinski definition) is 3. The van der Waals surface area contributed by atoms with Gasteiger partial charge in [-0.1, -0.05) is 24.4 Å². The lowest BCUT2D eigenvalue weighted by Gasteiger charge is -2.20. The van der Waals surface area contributed by atoms with Crippen molar-refractivity contribution in [1.82, 2.24) is 9.55 Å². The Balaban J connectivity index is 1.43. The van der Waals surface area contributed by atoms with Crippen LogP contribution in [0.3, 0.4) is 0 Å². The van der Waals surface area contributed by atoms with E-state index in [1.165, 1.54) is 18.8 Å². The van der Waals surface area contributed by atoms with Gasteiger partial charge in [0.05, 0.1) is 12.3 Å². The Bertz CT molecular complexity index is 1420. The van der Waals surface area contributed by atoms with Crippen LogP contribution in [0.15, 0.2) is 12.3 Å². The quantitative estimate of drug-likeness (QED) is 0.0935. The molecule has 0 spiro atoms. The van der Waals surface area contributed by atoms with Crippen molar-refractivity contribution in [2.45, 2.75) is 56.3 Å². The van der Waals surface area contributed by atoms with E-state index in [-0.39, 0.29) is 30.0 Å². The Hall–Kier alpha value is -2.88. The lowest BCUT2D eigenvalue weighted by atomic mass is 10.1. The average Bonchev–Trinajstić information content (AvgIpc) is 3.74. The maximum atomic E-state index is 13.2. The highest BCUT2D eigenvalue weighted by atomic mass is 35.5. The number of anilines is 1. The number of nitrogens with one attached hydrogen (secondary N) is 1. The summed E-state index contributed by atoms with van der Waals surface area (Å²) in [4.78, 5) is 27.5. The minimum atomic E-state index is -4.21. The van der Waals surface area contributed by atoms with Gasteiger partial charge in [0.1, 0.15) is 55.2 Å². The zero-order valence-corrected chi connectivity index (χ0v) is 26.8. The van der Waals surface area contributed by atoms with Gasteiger partial charge in [0.15, 0.2) is 11.4 Å².